The molecule has 1 aromatic rings. The Balaban J connectivity index is 2.47. The fraction of sp³-hybridized carbons (Fsp3) is 0.667. The monoisotopic (exact) mass is 292 g/mol. The van der Waals surface area contributed by atoms with E-state index in [1.165, 1.54) is 6.42 Å². The van der Waals surface area contributed by atoms with Crippen LogP contribution < -0.4 is 10.5 Å². The van der Waals surface area contributed by atoms with Crippen LogP contribution in [0.1, 0.15) is 46.5 Å². The Kier molecular flexibility index (Phi) is 8.40. The zero-order chi connectivity index (χ0) is 15.6. The normalized spacial score (nSPS) is 11.9. The zero-order valence-corrected chi connectivity index (χ0v) is 14.0. The van der Waals surface area contributed by atoms with Crippen molar-refractivity contribution in [2.24, 2.45) is 5.73 Å². The maximum atomic E-state index is 6.08. The minimum absolute atomic E-state index is 0.156. The van der Waals surface area contributed by atoms with E-state index in [-0.39, 0.29) is 5.54 Å². The predicted octanol–water partition coefficient (Wildman–Crippen LogP) is 3.69. The molecule has 0 aliphatic heterocycles. The van der Waals surface area contributed by atoms with Crippen molar-refractivity contribution >= 4 is 0 Å². The average molecular weight is 292 g/mol. The molecule has 0 saturated carbocycles. The van der Waals surface area contributed by atoms with E-state index >= 15 is 0 Å². The number of nitrogens with zero attached hydrogens (tertiary/aromatic N) is 1. The second-order valence-electron chi connectivity index (χ2n) is 5.64. The molecule has 2 N–H and O–H groups in total. The van der Waals surface area contributed by atoms with Crippen molar-refractivity contribution in [2.75, 3.05) is 26.2 Å². The number of ether oxygens (including phenoxy) is 1. The highest BCUT2D eigenvalue weighted by Crippen LogP contribution is 2.23. The molecule has 0 radical (unpaired) electrons. The molecule has 0 unspecified atom stereocenters. The molecular formula is C18H32N2O. The van der Waals surface area contributed by atoms with Crippen molar-refractivity contribution in [2.45, 2.75) is 52.0 Å². The van der Waals surface area contributed by atoms with Gasteiger partial charge in [0.15, 0.2) is 0 Å². The van der Waals surface area contributed by atoms with Crippen LogP contribution in [0.3, 0.4) is 0 Å². The summed E-state index contributed by atoms with van der Waals surface area (Å²) in [5, 5.41) is 0. The van der Waals surface area contributed by atoms with Gasteiger partial charge in [-0.1, -0.05) is 39.0 Å². The molecule has 0 saturated heterocycles. The predicted molar refractivity (Wildman–Crippen MR) is 90.8 cm³/mol. The lowest BCUT2D eigenvalue weighted by Crippen LogP contribution is -2.54. The molecule has 0 amide bonds. The summed E-state index contributed by atoms with van der Waals surface area (Å²) in [6.45, 7) is 10.4. The summed E-state index contributed by atoms with van der Waals surface area (Å²) in [6, 6.07) is 10.0. The van der Waals surface area contributed by atoms with Crippen molar-refractivity contribution in [1.82, 2.24) is 4.90 Å². The van der Waals surface area contributed by atoms with Crippen LogP contribution >= 0.6 is 0 Å². The van der Waals surface area contributed by atoms with Gasteiger partial charge in [0.25, 0.3) is 0 Å². The second-order valence-corrected chi connectivity index (χ2v) is 5.64. The molecule has 0 aromatic heterocycles. The first-order valence-electron chi connectivity index (χ1n) is 8.35. The van der Waals surface area contributed by atoms with E-state index in [0.29, 0.717) is 0 Å². The Hall–Kier alpha value is -1.06. The molecule has 0 aliphatic carbocycles. The van der Waals surface area contributed by atoms with Crippen LogP contribution in [-0.4, -0.2) is 36.7 Å². The molecule has 3 heteroatoms. The van der Waals surface area contributed by atoms with Crippen LogP contribution in [0.15, 0.2) is 30.3 Å². The van der Waals surface area contributed by atoms with Crippen LogP contribution in [0.25, 0.3) is 0 Å². The summed E-state index contributed by atoms with van der Waals surface area (Å²) in [5.74, 6) is 0.954. The van der Waals surface area contributed by atoms with E-state index in [9.17, 15) is 0 Å². The molecule has 1 aromatic carbocycles. The van der Waals surface area contributed by atoms with Crippen LogP contribution in [-0.2, 0) is 0 Å². The fourth-order valence-corrected chi connectivity index (χ4v) is 2.93. The van der Waals surface area contributed by atoms with Crippen molar-refractivity contribution in [3.8, 4) is 5.75 Å². The van der Waals surface area contributed by atoms with E-state index in [0.717, 1.165) is 51.3 Å². The molecule has 3 nitrogen and oxygen atoms in total. The molecule has 0 spiro atoms. The van der Waals surface area contributed by atoms with Gasteiger partial charge in [0.2, 0.25) is 0 Å². The molecule has 0 atom stereocenters. The van der Waals surface area contributed by atoms with Gasteiger partial charge in [0.1, 0.15) is 5.75 Å². The molecule has 0 heterocycles. The summed E-state index contributed by atoms with van der Waals surface area (Å²) < 4.78 is 5.79. The molecular weight excluding hydrogens is 260 g/mol. The van der Waals surface area contributed by atoms with Crippen LogP contribution in [0.4, 0.5) is 0 Å². The van der Waals surface area contributed by atoms with Gasteiger partial charge in [0.05, 0.1) is 6.61 Å². The number of nitrogens with two attached hydrogens (primary N) is 1. The molecule has 1 rings (SSSR count). The lowest BCUT2D eigenvalue weighted by Gasteiger charge is -2.42. The topological polar surface area (TPSA) is 38.5 Å². The Morgan fingerprint density at radius 3 is 2.24 bits per heavy atom. The van der Waals surface area contributed by atoms with Crippen LogP contribution in [0, 0.1) is 0 Å². The van der Waals surface area contributed by atoms with Crippen molar-refractivity contribution in [3.05, 3.63) is 30.3 Å². The van der Waals surface area contributed by atoms with E-state index < -0.39 is 0 Å². The van der Waals surface area contributed by atoms with E-state index in [2.05, 4.69) is 25.7 Å². The maximum Gasteiger partial charge on any atom is 0.119 e. The second kappa shape index (κ2) is 9.80. The van der Waals surface area contributed by atoms with Crippen LogP contribution in [0.5, 0.6) is 5.75 Å². The smallest absolute Gasteiger partial charge is 0.119 e. The average Bonchev–Trinajstić information content (AvgIpc) is 2.54. The molecule has 21 heavy (non-hydrogen) atoms. The first-order chi connectivity index (χ1) is 10.2. The summed E-state index contributed by atoms with van der Waals surface area (Å²) in [6.07, 6.45) is 4.43. The summed E-state index contributed by atoms with van der Waals surface area (Å²) in [7, 11) is 0. The van der Waals surface area contributed by atoms with Crippen molar-refractivity contribution in [1.29, 1.82) is 0 Å². The van der Waals surface area contributed by atoms with Gasteiger partial charge in [-0.05, 0) is 44.4 Å². The van der Waals surface area contributed by atoms with Crippen molar-refractivity contribution < 1.29 is 4.74 Å². The fourth-order valence-electron chi connectivity index (χ4n) is 2.93. The lowest BCUT2D eigenvalue weighted by atomic mass is 9.90. The number of benzene rings is 1. The van der Waals surface area contributed by atoms with Gasteiger partial charge in [-0.2, -0.15) is 0 Å². The largest absolute Gasteiger partial charge is 0.494 e. The third kappa shape index (κ3) is 5.33. The van der Waals surface area contributed by atoms with Crippen molar-refractivity contribution in [3.63, 3.8) is 0 Å². The Morgan fingerprint density at radius 2 is 1.71 bits per heavy atom. The number of hydrogen-bond acceptors (Lipinski definition) is 3. The lowest BCUT2D eigenvalue weighted by molar-refractivity contribution is 0.0783. The molecule has 0 bridgehead atoms. The minimum atomic E-state index is 0.156. The zero-order valence-electron chi connectivity index (χ0n) is 14.0. The van der Waals surface area contributed by atoms with E-state index in [4.69, 9.17) is 10.5 Å². The van der Waals surface area contributed by atoms with Gasteiger partial charge < -0.3 is 10.5 Å². The Bertz CT molecular complexity index is 354. The summed E-state index contributed by atoms with van der Waals surface area (Å²) in [5.41, 5.74) is 6.24. The highest BCUT2D eigenvalue weighted by molar-refractivity contribution is 5.20. The highest BCUT2D eigenvalue weighted by atomic mass is 16.5. The number of rotatable bonds is 11. The summed E-state index contributed by atoms with van der Waals surface area (Å²) in [4.78, 5) is 2.57. The van der Waals surface area contributed by atoms with E-state index in [1.54, 1.807) is 0 Å². The SMILES string of the molecule is CCCN(CCCOc1ccccc1)C(CC)(CC)CN. The number of para-hydroxylation sites is 1. The number of hydrogen-bond donors (Lipinski definition) is 1. The molecule has 0 fully saturated rings. The van der Waals surface area contributed by atoms with Crippen LogP contribution in [0.2, 0.25) is 0 Å². The Labute approximate surface area is 130 Å². The third-order valence-corrected chi connectivity index (χ3v) is 4.44. The highest BCUT2D eigenvalue weighted by Gasteiger charge is 2.30. The first-order valence-corrected chi connectivity index (χ1v) is 8.35. The third-order valence-electron chi connectivity index (χ3n) is 4.44. The molecule has 0 aliphatic rings. The Morgan fingerprint density at radius 1 is 1.05 bits per heavy atom. The van der Waals surface area contributed by atoms with Gasteiger partial charge >= 0.3 is 0 Å². The summed E-state index contributed by atoms with van der Waals surface area (Å²) >= 11 is 0. The first kappa shape index (κ1) is 18.0. The minimum Gasteiger partial charge on any atom is -0.494 e. The van der Waals surface area contributed by atoms with Gasteiger partial charge in [-0.25, -0.2) is 0 Å². The molecule has 120 valence electrons. The maximum absolute atomic E-state index is 6.08. The van der Waals surface area contributed by atoms with Gasteiger partial charge in [0, 0.05) is 18.6 Å². The standard InChI is InChI=1S/C18H32N2O/c1-4-13-20(18(5-2,6-3)16-19)14-10-15-21-17-11-8-7-9-12-17/h7-9,11-12H,4-6,10,13-16,19H2,1-3H3. The quantitative estimate of drug-likeness (QED) is 0.632. The van der Waals surface area contributed by atoms with Gasteiger partial charge in [-0.15, -0.1) is 0 Å². The van der Waals surface area contributed by atoms with E-state index in [1.807, 2.05) is 30.3 Å². The van der Waals surface area contributed by atoms with Gasteiger partial charge in [-0.3, -0.25) is 4.90 Å².